The summed E-state index contributed by atoms with van der Waals surface area (Å²) >= 11 is 3.44. The number of nitrogens with one attached hydrogen (secondary N) is 1. The first kappa shape index (κ1) is 23.7. The molecule has 0 aliphatic heterocycles. The maximum Gasteiger partial charge on any atom is 0.260 e. The SMILES string of the molecule is Cc1cccc(N(CC(=O)N/N=C\c2cc(C)n(-c3ccc(Br)cc3)c2C)S(C)(=O)=O)c1. The summed E-state index contributed by atoms with van der Waals surface area (Å²) in [6.07, 6.45) is 2.63. The number of hydrogen-bond donors (Lipinski definition) is 1. The second-order valence-electron chi connectivity index (χ2n) is 7.54. The second-order valence-corrected chi connectivity index (χ2v) is 10.4. The van der Waals surface area contributed by atoms with Crippen molar-refractivity contribution >= 4 is 43.8 Å². The van der Waals surface area contributed by atoms with E-state index in [0.717, 1.165) is 43.2 Å². The Bertz CT molecular complexity index is 1260. The number of aromatic nitrogens is 1. The molecule has 0 saturated heterocycles. The Hall–Kier alpha value is -2.91. The zero-order valence-corrected chi connectivity index (χ0v) is 20.7. The van der Waals surface area contributed by atoms with Crippen molar-refractivity contribution < 1.29 is 13.2 Å². The van der Waals surface area contributed by atoms with Gasteiger partial charge in [-0.1, -0.05) is 28.1 Å². The highest BCUT2D eigenvalue weighted by Gasteiger charge is 2.20. The molecule has 7 nitrogen and oxygen atoms in total. The lowest BCUT2D eigenvalue weighted by Crippen LogP contribution is -2.39. The summed E-state index contributed by atoms with van der Waals surface area (Å²) in [6.45, 7) is 5.47. The van der Waals surface area contributed by atoms with E-state index >= 15 is 0 Å². The minimum Gasteiger partial charge on any atom is -0.318 e. The number of hydrogen-bond acceptors (Lipinski definition) is 4. The lowest BCUT2D eigenvalue weighted by atomic mass is 10.2. The summed E-state index contributed by atoms with van der Waals surface area (Å²) < 4.78 is 28.6. The highest BCUT2D eigenvalue weighted by molar-refractivity contribution is 9.10. The second kappa shape index (κ2) is 9.70. The largest absolute Gasteiger partial charge is 0.318 e. The molecule has 3 aromatic rings. The van der Waals surface area contributed by atoms with Crippen LogP contribution in [-0.4, -0.2) is 37.9 Å². The van der Waals surface area contributed by atoms with Gasteiger partial charge in [-0.2, -0.15) is 5.10 Å². The number of carbonyl (C=O) groups excluding carboxylic acids is 1. The third kappa shape index (κ3) is 5.66. The number of hydrazone groups is 1. The minimum absolute atomic E-state index is 0.364. The Morgan fingerprint density at radius 1 is 1.12 bits per heavy atom. The molecule has 9 heteroatoms. The summed E-state index contributed by atoms with van der Waals surface area (Å²) in [7, 11) is -3.64. The van der Waals surface area contributed by atoms with Crippen LogP contribution >= 0.6 is 15.9 Å². The zero-order chi connectivity index (χ0) is 23.5. The van der Waals surface area contributed by atoms with Crippen molar-refractivity contribution in [3.63, 3.8) is 0 Å². The molecule has 168 valence electrons. The molecule has 1 aromatic heterocycles. The van der Waals surface area contributed by atoms with E-state index in [1.54, 1.807) is 24.4 Å². The van der Waals surface area contributed by atoms with Gasteiger partial charge in [-0.3, -0.25) is 9.10 Å². The van der Waals surface area contributed by atoms with Crippen LogP contribution in [0.1, 0.15) is 22.5 Å². The molecule has 0 atom stereocenters. The van der Waals surface area contributed by atoms with Gasteiger partial charge in [0.05, 0.1) is 18.2 Å². The number of amides is 1. The number of sulfonamides is 1. The van der Waals surface area contributed by atoms with Gasteiger partial charge in [-0.15, -0.1) is 0 Å². The number of benzene rings is 2. The number of nitrogens with zero attached hydrogens (tertiary/aromatic N) is 3. The number of rotatable bonds is 7. The predicted molar refractivity (Wildman–Crippen MR) is 132 cm³/mol. The van der Waals surface area contributed by atoms with Gasteiger partial charge in [0, 0.05) is 27.1 Å². The highest BCUT2D eigenvalue weighted by atomic mass is 79.9. The van der Waals surface area contributed by atoms with Gasteiger partial charge in [-0.25, -0.2) is 13.8 Å². The van der Waals surface area contributed by atoms with Crippen molar-refractivity contribution in [1.29, 1.82) is 0 Å². The van der Waals surface area contributed by atoms with E-state index in [4.69, 9.17) is 0 Å². The van der Waals surface area contributed by atoms with E-state index in [9.17, 15) is 13.2 Å². The lowest BCUT2D eigenvalue weighted by Gasteiger charge is -2.21. The van der Waals surface area contributed by atoms with E-state index in [1.165, 1.54) is 0 Å². The van der Waals surface area contributed by atoms with Crippen LogP contribution in [0.2, 0.25) is 0 Å². The third-order valence-corrected chi connectivity index (χ3v) is 6.59. The molecular weight excluding hydrogens is 492 g/mol. The summed E-state index contributed by atoms with van der Waals surface area (Å²) in [4.78, 5) is 12.4. The minimum atomic E-state index is -3.64. The maximum atomic E-state index is 12.4. The van der Waals surface area contributed by atoms with Crippen molar-refractivity contribution in [3.05, 3.63) is 81.6 Å². The summed E-state index contributed by atoms with van der Waals surface area (Å²) in [5.41, 5.74) is 7.64. The average molecular weight is 517 g/mol. The van der Waals surface area contributed by atoms with Crippen LogP contribution in [0.25, 0.3) is 5.69 Å². The van der Waals surface area contributed by atoms with Crippen molar-refractivity contribution in [1.82, 2.24) is 9.99 Å². The predicted octanol–water partition coefficient (Wildman–Crippen LogP) is 4.08. The van der Waals surface area contributed by atoms with Gasteiger partial charge < -0.3 is 4.57 Å². The van der Waals surface area contributed by atoms with E-state index in [0.29, 0.717) is 5.69 Å². The molecular formula is C23H25BrN4O3S. The molecule has 32 heavy (non-hydrogen) atoms. The fourth-order valence-corrected chi connectivity index (χ4v) is 4.54. The van der Waals surface area contributed by atoms with E-state index in [1.807, 2.05) is 57.2 Å². The molecule has 0 fully saturated rings. The Morgan fingerprint density at radius 2 is 1.81 bits per heavy atom. The number of aryl methyl sites for hydroxylation is 2. The molecule has 0 radical (unpaired) electrons. The summed E-state index contributed by atoms with van der Waals surface area (Å²) in [5.74, 6) is -0.533. The van der Waals surface area contributed by atoms with Crippen LogP contribution in [0, 0.1) is 20.8 Å². The van der Waals surface area contributed by atoms with Gasteiger partial charge in [0.25, 0.3) is 5.91 Å². The van der Waals surface area contributed by atoms with Gasteiger partial charge in [0.15, 0.2) is 0 Å². The van der Waals surface area contributed by atoms with Gasteiger partial charge in [0.1, 0.15) is 6.54 Å². The Kier molecular flexibility index (Phi) is 7.20. The third-order valence-electron chi connectivity index (χ3n) is 4.93. The number of halogens is 1. The molecule has 0 aliphatic carbocycles. The van der Waals surface area contributed by atoms with Gasteiger partial charge in [-0.05, 0) is 68.8 Å². The lowest BCUT2D eigenvalue weighted by molar-refractivity contribution is -0.119. The van der Waals surface area contributed by atoms with Crippen LogP contribution in [0.5, 0.6) is 0 Å². The first-order valence-corrected chi connectivity index (χ1v) is 12.5. The molecule has 0 saturated carbocycles. The Balaban J connectivity index is 1.73. The van der Waals surface area contributed by atoms with Crippen LogP contribution in [0.3, 0.4) is 0 Å². The molecule has 0 spiro atoms. The molecule has 0 bridgehead atoms. The first-order chi connectivity index (χ1) is 15.1. The average Bonchev–Trinajstić information content (AvgIpc) is 2.99. The smallest absolute Gasteiger partial charge is 0.260 e. The number of carbonyl (C=O) groups is 1. The molecule has 1 N–H and O–H groups in total. The van der Waals surface area contributed by atoms with E-state index in [2.05, 4.69) is 31.0 Å². The maximum absolute atomic E-state index is 12.4. The Labute approximate surface area is 196 Å². The molecule has 1 heterocycles. The summed E-state index contributed by atoms with van der Waals surface area (Å²) in [5, 5.41) is 4.04. The first-order valence-electron chi connectivity index (χ1n) is 9.87. The van der Waals surface area contributed by atoms with E-state index < -0.39 is 15.9 Å². The fourth-order valence-electron chi connectivity index (χ4n) is 3.43. The van der Waals surface area contributed by atoms with Gasteiger partial charge in [0.2, 0.25) is 10.0 Å². The quantitative estimate of drug-likeness (QED) is 0.379. The summed E-state index contributed by atoms with van der Waals surface area (Å²) in [6, 6.07) is 16.9. The highest BCUT2D eigenvalue weighted by Crippen LogP contribution is 2.22. The normalized spacial score (nSPS) is 11.7. The van der Waals surface area contributed by atoms with Gasteiger partial charge >= 0.3 is 0 Å². The van der Waals surface area contributed by atoms with Crippen molar-refractivity contribution in [2.75, 3.05) is 17.1 Å². The van der Waals surface area contributed by atoms with Crippen molar-refractivity contribution in [3.8, 4) is 5.69 Å². The molecule has 1 amide bonds. The van der Waals surface area contributed by atoms with Crippen molar-refractivity contribution in [2.45, 2.75) is 20.8 Å². The van der Waals surface area contributed by atoms with E-state index in [-0.39, 0.29) is 6.54 Å². The monoisotopic (exact) mass is 516 g/mol. The molecule has 0 aliphatic rings. The fraction of sp³-hybridized carbons (Fsp3) is 0.217. The number of anilines is 1. The van der Waals surface area contributed by atoms with Crippen LogP contribution in [0.4, 0.5) is 5.69 Å². The Morgan fingerprint density at radius 3 is 2.44 bits per heavy atom. The van der Waals surface area contributed by atoms with Crippen LogP contribution in [-0.2, 0) is 14.8 Å². The van der Waals surface area contributed by atoms with Crippen molar-refractivity contribution in [2.24, 2.45) is 5.10 Å². The molecule has 0 unspecified atom stereocenters. The van der Waals surface area contributed by atoms with Crippen LogP contribution < -0.4 is 9.73 Å². The standard InChI is InChI=1S/C23H25BrN4O3S/c1-16-6-5-7-22(12-16)27(32(4,30)31)15-23(29)26-25-14-19-13-17(2)28(18(19)3)21-10-8-20(24)9-11-21/h5-14H,15H2,1-4H3,(H,26,29)/b25-14-. The van der Waals surface area contributed by atoms with Crippen LogP contribution in [0.15, 0.2) is 64.2 Å². The molecule has 3 rings (SSSR count). The molecule has 2 aromatic carbocycles. The zero-order valence-electron chi connectivity index (χ0n) is 18.3. The topological polar surface area (TPSA) is 83.8 Å².